The molecule has 0 bridgehead atoms. The number of nitrogens with one attached hydrogen (secondary N) is 1. The van der Waals surface area contributed by atoms with Gasteiger partial charge in [-0.15, -0.1) is 0 Å². The number of sulfonamides is 1. The number of amides is 1. The number of carbonyl (C=O) groups excluding carboxylic acids is 1. The van der Waals surface area contributed by atoms with Gasteiger partial charge < -0.3 is 5.32 Å². The molecule has 0 spiro atoms. The van der Waals surface area contributed by atoms with Gasteiger partial charge in [-0.05, 0) is 73.8 Å². The Balaban J connectivity index is 1.96. The molecular formula is C28H38N2O3S. The van der Waals surface area contributed by atoms with E-state index in [9.17, 15) is 13.2 Å². The van der Waals surface area contributed by atoms with Crippen LogP contribution in [0.5, 0.6) is 0 Å². The normalized spacial score (nSPS) is 19.8. The molecule has 0 radical (unpaired) electrons. The van der Waals surface area contributed by atoms with Crippen LogP contribution in [0.2, 0.25) is 0 Å². The lowest BCUT2D eigenvalue weighted by molar-refractivity contribution is -0.116. The first kappa shape index (κ1) is 27.5. The third-order valence-corrected chi connectivity index (χ3v) is 7.29. The van der Waals surface area contributed by atoms with Gasteiger partial charge in [-0.1, -0.05) is 74.4 Å². The zero-order chi connectivity index (χ0) is 25.5. The summed E-state index contributed by atoms with van der Waals surface area (Å²) in [5, 5.41) is 7.92. The smallest absolute Gasteiger partial charge is 0.244 e. The first-order valence-electron chi connectivity index (χ1n) is 11.6. The molecule has 34 heavy (non-hydrogen) atoms. The van der Waals surface area contributed by atoms with Crippen LogP contribution in [0, 0.1) is 11.3 Å². The van der Waals surface area contributed by atoms with Crippen molar-refractivity contribution >= 4 is 15.9 Å². The minimum absolute atomic E-state index is 0.0260. The van der Waals surface area contributed by atoms with Crippen molar-refractivity contribution in [1.82, 2.24) is 5.32 Å². The molecule has 1 atom stereocenters. The largest absolute Gasteiger partial charge is 0.348 e. The van der Waals surface area contributed by atoms with Crippen LogP contribution in [0.3, 0.4) is 0 Å². The Morgan fingerprint density at radius 1 is 1.21 bits per heavy atom. The first-order valence-corrected chi connectivity index (χ1v) is 13.2. The van der Waals surface area contributed by atoms with Gasteiger partial charge in [0.25, 0.3) is 0 Å². The van der Waals surface area contributed by atoms with Gasteiger partial charge >= 0.3 is 0 Å². The van der Waals surface area contributed by atoms with Crippen molar-refractivity contribution in [3.63, 3.8) is 0 Å². The van der Waals surface area contributed by atoms with E-state index in [0.717, 1.165) is 11.1 Å². The quantitative estimate of drug-likeness (QED) is 0.366. The fourth-order valence-electron chi connectivity index (χ4n) is 4.03. The van der Waals surface area contributed by atoms with Gasteiger partial charge in [0.1, 0.15) is 0 Å². The minimum atomic E-state index is -3.77. The maximum atomic E-state index is 12.2. The molecule has 2 rings (SSSR count). The van der Waals surface area contributed by atoms with Gasteiger partial charge in [-0.25, -0.2) is 13.6 Å². The molecule has 184 valence electrons. The molecule has 1 unspecified atom stereocenters. The molecule has 0 heterocycles. The van der Waals surface area contributed by atoms with E-state index in [-0.39, 0.29) is 22.8 Å². The number of hydrogen-bond acceptors (Lipinski definition) is 3. The number of carbonyl (C=O) groups is 1. The molecule has 1 aromatic rings. The topological polar surface area (TPSA) is 89.3 Å². The molecule has 1 aliphatic rings. The Labute approximate surface area is 205 Å². The highest BCUT2D eigenvalue weighted by atomic mass is 32.2. The van der Waals surface area contributed by atoms with E-state index in [1.807, 2.05) is 25.2 Å². The van der Waals surface area contributed by atoms with Gasteiger partial charge in [-0.2, -0.15) is 0 Å². The predicted molar refractivity (Wildman–Crippen MR) is 140 cm³/mol. The van der Waals surface area contributed by atoms with Crippen LogP contribution in [0.25, 0.3) is 0 Å². The average Bonchev–Trinajstić information content (AvgIpc) is 2.74. The number of primary sulfonamides is 1. The molecule has 3 N–H and O–H groups in total. The van der Waals surface area contributed by atoms with Crippen LogP contribution >= 0.6 is 0 Å². The van der Waals surface area contributed by atoms with Crippen molar-refractivity contribution in [2.24, 2.45) is 16.5 Å². The van der Waals surface area contributed by atoms with Crippen LogP contribution < -0.4 is 10.5 Å². The van der Waals surface area contributed by atoms with Gasteiger partial charge in [0.2, 0.25) is 15.9 Å². The molecule has 1 aromatic carbocycles. The molecule has 0 aliphatic heterocycles. The molecule has 1 amide bonds. The number of allylic oxidation sites excluding steroid dienone is 9. The fraction of sp³-hybridized carbons (Fsp3) is 0.393. The third-order valence-electron chi connectivity index (χ3n) is 6.38. The van der Waals surface area contributed by atoms with E-state index < -0.39 is 10.0 Å². The van der Waals surface area contributed by atoms with Gasteiger partial charge in [-0.3, -0.25) is 4.79 Å². The van der Waals surface area contributed by atoms with Crippen LogP contribution in [-0.2, 0) is 21.4 Å². The zero-order valence-corrected chi connectivity index (χ0v) is 22.0. The van der Waals surface area contributed by atoms with Crippen LogP contribution in [0.4, 0.5) is 0 Å². The lowest BCUT2D eigenvalue weighted by Crippen LogP contribution is -2.23. The number of rotatable bonds is 8. The molecule has 6 heteroatoms. The maximum absolute atomic E-state index is 12.2. The highest BCUT2D eigenvalue weighted by molar-refractivity contribution is 7.89. The van der Waals surface area contributed by atoms with Gasteiger partial charge in [0.15, 0.2) is 0 Å². The summed E-state index contributed by atoms with van der Waals surface area (Å²) in [4.78, 5) is 12.2. The Kier molecular flexibility index (Phi) is 9.42. The summed E-state index contributed by atoms with van der Waals surface area (Å²) in [6.07, 6.45) is 14.2. The summed E-state index contributed by atoms with van der Waals surface area (Å²) in [6.45, 7) is 13.3. The van der Waals surface area contributed by atoms with Crippen LogP contribution in [0.15, 0.2) is 87.9 Å². The standard InChI is InChI=1S/C28H38N2O3S/c1-20(13-14-26-23(4)22(3)15-16-28(26,5)6)9-7-10-21(2)17-27(31)30-19-24-11-8-12-25(18-24)34(29,32)33/h7-14,17-18,22H,15-16,19H2,1-6H3,(H,30,31)(H2,29,32,33)/b10-7+,14-13+,20-9+,21-17-. The SMILES string of the molecule is CC1=C(/C=C/C(C)=C/C=C/C(C)=C\C(=O)NCc2cccc(S(N)(=O)=O)c2)C(C)(C)CCC1C. The minimum Gasteiger partial charge on any atom is -0.348 e. The first-order chi connectivity index (χ1) is 15.8. The van der Waals surface area contributed by atoms with Crippen molar-refractivity contribution in [1.29, 1.82) is 0 Å². The second kappa shape index (κ2) is 11.6. The Bertz CT molecular complexity index is 1170. The van der Waals surface area contributed by atoms with Crippen LogP contribution in [-0.4, -0.2) is 14.3 Å². The Morgan fingerprint density at radius 3 is 2.59 bits per heavy atom. The molecular weight excluding hydrogens is 444 g/mol. The number of benzene rings is 1. The Hall–Kier alpha value is -2.70. The van der Waals surface area contributed by atoms with Crippen molar-refractivity contribution in [2.45, 2.75) is 65.8 Å². The summed E-state index contributed by atoms with van der Waals surface area (Å²) in [6, 6.07) is 6.22. The van der Waals surface area contributed by atoms with Gasteiger partial charge in [0, 0.05) is 12.6 Å². The van der Waals surface area contributed by atoms with E-state index in [1.165, 1.54) is 42.2 Å². The Morgan fingerprint density at radius 2 is 1.91 bits per heavy atom. The highest BCUT2D eigenvalue weighted by Crippen LogP contribution is 2.43. The van der Waals surface area contributed by atoms with E-state index in [0.29, 0.717) is 11.5 Å². The maximum Gasteiger partial charge on any atom is 0.244 e. The van der Waals surface area contributed by atoms with Crippen molar-refractivity contribution in [2.75, 3.05) is 0 Å². The van der Waals surface area contributed by atoms with Crippen molar-refractivity contribution < 1.29 is 13.2 Å². The second-order valence-electron chi connectivity index (χ2n) is 9.82. The zero-order valence-electron chi connectivity index (χ0n) is 21.2. The monoisotopic (exact) mass is 482 g/mol. The van der Waals surface area contributed by atoms with E-state index >= 15 is 0 Å². The summed E-state index contributed by atoms with van der Waals surface area (Å²) in [5.74, 6) is 0.383. The van der Waals surface area contributed by atoms with Crippen molar-refractivity contribution in [3.8, 4) is 0 Å². The van der Waals surface area contributed by atoms with Crippen LogP contribution in [0.1, 0.15) is 59.9 Å². The lowest BCUT2D eigenvalue weighted by atomic mass is 9.69. The number of hydrogen-bond donors (Lipinski definition) is 2. The lowest BCUT2D eigenvalue weighted by Gasteiger charge is -2.36. The molecule has 0 aromatic heterocycles. The molecule has 0 fully saturated rings. The second-order valence-corrected chi connectivity index (χ2v) is 11.4. The number of nitrogens with two attached hydrogens (primary N) is 1. The van der Waals surface area contributed by atoms with E-state index in [4.69, 9.17) is 5.14 Å². The van der Waals surface area contributed by atoms with E-state index in [1.54, 1.807) is 12.1 Å². The molecule has 0 saturated heterocycles. The average molecular weight is 483 g/mol. The fourth-order valence-corrected chi connectivity index (χ4v) is 4.62. The summed E-state index contributed by atoms with van der Waals surface area (Å²) in [5.41, 5.74) is 5.73. The van der Waals surface area contributed by atoms with E-state index in [2.05, 4.69) is 52.1 Å². The molecule has 5 nitrogen and oxygen atoms in total. The summed E-state index contributed by atoms with van der Waals surface area (Å²) in [7, 11) is -3.77. The predicted octanol–water partition coefficient (Wildman–Crippen LogP) is 5.73. The molecule has 1 aliphatic carbocycles. The highest BCUT2D eigenvalue weighted by Gasteiger charge is 2.29. The molecule has 0 saturated carbocycles. The van der Waals surface area contributed by atoms with Gasteiger partial charge in [0.05, 0.1) is 4.90 Å². The third kappa shape index (κ3) is 8.26. The summed E-state index contributed by atoms with van der Waals surface area (Å²) < 4.78 is 22.9. The summed E-state index contributed by atoms with van der Waals surface area (Å²) >= 11 is 0. The van der Waals surface area contributed by atoms with Crippen molar-refractivity contribution in [3.05, 3.63) is 88.6 Å².